The molecule has 0 aliphatic rings. The average molecular weight is 240 g/mol. The normalized spacial score (nSPS) is 9.56. The summed E-state index contributed by atoms with van der Waals surface area (Å²) >= 11 is 0. The van der Waals surface area contributed by atoms with E-state index in [1.165, 1.54) is 6.07 Å². The van der Waals surface area contributed by atoms with Crippen molar-refractivity contribution in [3.05, 3.63) is 47.5 Å². The minimum absolute atomic E-state index is 0.0152. The van der Waals surface area contributed by atoms with Crippen LogP contribution in [0.1, 0.15) is 11.1 Å². The number of phenolic OH excluding ortho intramolecular Hbond substituents is 2. The van der Waals surface area contributed by atoms with E-state index < -0.39 is 0 Å². The van der Waals surface area contributed by atoms with Crippen molar-refractivity contribution in [2.75, 3.05) is 11.5 Å². The summed E-state index contributed by atoms with van der Waals surface area (Å²) in [5, 5.41) is 19.1. The van der Waals surface area contributed by atoms with Gasteiger partial charge in [0.1, 0.15) is 5.75 Å². The van der Waals surface area contributed by atoms with E-state index >= 15 is 0 Å². The van der Waals surface area contributed by atoms with Gasteiger partial charge < -0.3 is 21.7 Å². The predicted molar refractivity (Wildman–Crippen MR) is 71.0 cm³/mol. The van der Waals surface area contributed by atoms with Crippen molar-refractivity contribution >= 4 is 11.4 Å². The van der Waals surface area contributed by atoms with Crippen LogP contribution in [0.5, 0.6) is 11.5 Å². The molecule has 4 nitrogen and oxygen atoms in total. The maximum absolute atomic E-state index is 9.69. The van der Waals surface area contributed by atoms with Crippen LogP contribution in [0.3, 0.4) is 0 Å². The molecule has 0 saturated heterocycles. The minimum atomic E-state index is -0.0521. The molecule has 0 aliphatic carbocycles. The number of para-hydroxylation sites is 2. The number of benzene rings is 2. The molecule has 0 atom stereocenters. The van der Waals surface area contributed by atoms with Gasteiger partial charge in [0.15, 0.2) is 5.75 Å². The molecule has 0 aromatic heterocycles. The Kier molecular flexibility index (Phi) is 2.98. The second kappa shape index (κ2) is 4.60. The van der Waals surface area contributed by atoms with E-state index in [0.717, 1.165) is 0 Å². The summed E-state index contributed by atoms with van der Waals surface area (Å²) in [4.78, 5) is 0. The van der Waals surface area contributed by atoms with Gasteiger partial charge in [-0.05, 0) is 24.3 Å². The van der Waals surface area contributed by atoms with E-state index in [-0.39, 0.29) is 22.9 Å². The molecule has 2 aromatic rings. The van der Waals surface area contributed by atoms with E-state index in [0.29, 0.717) is 11.1 Å². The maximum Gasteiger partial charge on any atom is 0.154 e. The Balaban J connectivity index is 2.44. The van der Waals surface area contributed by atoms with Crippen molar-refractivity contribution in [3.8, 4) is 23.3 Å². The first-order valence-electron chi connectivity index (χ1n) is 5.26. The number of nitrogens with two attached hydrogens (primary N) is 2. The largest absolute Gasteiger partial charge is 0.506 e. The molecule has 2 rings (SSSR count). The highest BCUT2D eigenvalue weighted by atomic mass is 16.3. The van der Waals surface area contributed by atoms with Gasteiger partial charge in [-0.15, -0.1) is 0 Å². The van der Waals surface area contributed by atoms with Crippen LogP contribution < -0.4 is 11.5 Å². The van der Waals surface area contributed by atoms with Crippen molar-refractivity contribution in [1.82, 2.24) is 0 Å². The summed E-state index contributed by atoms with van der Waals surface area (Å²) in [6.45, 7) is 0. The molecule has 90 valence electrons. The highest BCUT2D eigenvalue weighted by molar-refractivity contribution is 5.66. The molecule has 0 fully saturated rings. The number of nitrogen functional groups attached to an aromatic ring is 2. The zero-order chi connectivity index (χ0) is 13.1. The van der Waals surface area contributed by atoms with Gasteiger partial charge in [-0.1, -0.05) is 24.0 Å². The van der Waals surface area contributed by atoms with E-state index in [9.17, 15) is 10.2 Å². The third-order valence-corrected chi connectivity index (χ3v) is 2.48. The first-order valence-corrected chi connectivity index (χ1v) is 5.26. The van der Waals surface area contributed by atoms with Crippen LogP contribution in [0.15, 0.2) is 36.4 Å². The Bertz CT molecular complexity index is 599. The summed E-state index contributed by atoms with van der Waals surface area (Å²) in [6.07, 6.45) is 0. The second-order valence-corrected chi connectivity index (χ2v) is 3.73. The fourth-order valence-corrected chi connectivity index (χ4v) is 1.46. The van der Waals surface area contributed by atoms with Crippen LogP contribution in [-0.2, 0) is 0 Å². The van der Waals surface area contributed by atoms with Crippen molar-refractivity contribution in [3.63, 3.8) is 0 Å². The highest BCUT2D eigenvalue weighted by Crippen LogP contribution is 2.25. The molecule has 0 amide bonds. The molecule has 18 heavy (non-hydrogen) atoms. The summed E-state index contributed by atoms with van der Waals surface area (Å²) in [6, 6.07) is 9.75. The zero-order valence-electron chi connectivity index (χ0n) is 9.51. The summed E-state index contributed by atoms with van der Waals surface area (Å²) < 4.78 is 0. The third-order valence-electron chi connectivity index (χ3n) is 2.48. The van der Waals surface area contributed by atoms with E-state index in [1.807, 2.05) is 0 Å². The van der Waals surface area contributed by atoms with Crippen molar-refractivity contribution < 1.29 is 10.2 Å². The van der Waals surface area contributed by atoms with Gasteiger partial charge >= 0.3 is 0 Å². The van der Waals surface area contributed by atoms with Gasteiger partial charge in [0, 0.05) is 0 Å². The van der Waals surface area contributed by atoms with Crippen LogP contribution in [0.2, 0.25) is 0 Å². The molecule has 0 spiro atoms. The Labute approximate surface area is 104 Å². The summed E-state index contributed by atoms with van der Waals surface area (Å²) in [5.74, 6) is 5.49. The van der Waals surface area contributed by atoms with Gasteiger partial charge in [0.05, 0.1) is 22.5 Å². The maximum atomic E-state index is 9.69. The number of aromatic hydroxyl groups is 2. The quantitative estimate of drug-likeness (QED) is 0.320. The van der Waals surface area contributed by atoms with E-state index in [4.69, 9.17) is 11.5 Å². The van der Waals surface area contributed by atoms with Gasteiger partial charge in [-0.2, -0.15) is 0 Å². The van der Waals surface area contributed by atoms with Gasteiger partial charge in [0.2, 0.25) is 0 Å². The van der Waals surface area contributed by atoms with Crippen LogP contribution in [0.25, 0.3) is 0 Å². The van der Waals surface area contributed by atoms with E-state index in [1.54, 1.807) is 30.3 Å². The number of rotatable bonds is 0. The van der Waals surface area contributed by atoms with Gasteiger partial charge in [-0.3, -0.25) is 0 Å². The first kappa shape index (κ1) is 11.7. The van der Waals surface area contributed by atoms with Gasteiger partial charge in [-0.25, -0.2) is 0 Å². The number of phenols is 2. The van der Waals surface area contributed by atoms with E-state index in [2.05, 4.69) is 11.8 Å². The van der Waals surface area contributed by atoms with Crippen molar-refractivity contribution in [1.29, 1.82) is 0 Å². The van der Waals surface area contributed by atoms with Gasteiger partial charge in [0.25, 0.3) is 0 Å². The monoisotopic (exact) mass is 240 g/mol. The zero-order valence-corrected chi connectivity index (χ0v) is 9.51. The van der Waals surface area contributed by atoms with Crippen LogP contribution >= 0.6 is 0 Å². The lowest BCUT2D eigenvalue weighted by Gasteiger charge is -2.01. The molecule has 0 heterocycles. The van der Waals surface area contributed by atoms with Crippen LogP contribution in [0.4, 0.5) is 11.4 Å². The molecule has 4 heteroatoms. The average Bonchev–Trinajstić information content (AvgIpc) is 2.36. The predicted octanol–water partition coefficient (Wildman–Crippen LogP) is 1.66. The van der Waals surface area contributed by atoms with Crippen molar-refractivity contribution in [2.45, 2.75) is 0 Å². The minimum Gasteiger partial charge on any atom is -0.506 e. The number of anilines is 2. The van der Waals surface area contributed by atoms with Crippen molar-refractivity contribution in [2.24, 2.45) is 0 Å². The summed E-state index contributed by atoms with van der Waals surface area (Å²) in [7, 11) is 0. The molecule has 0 aliphatic heterocycles. The third kappa shape index (κ3) is 2.15. The lowest BCUT2D eigenvalue weighted by Crippen LogP contribution is -1.90. The highest BCUT2D eigenvalue weighted by Gasteiger charge is 2.02. The molecule has 0 radical (unpaired) electrons. The molecular formula is C14H12N2O2. The molecule has 0 unspecified atom stereocenters. The molecular weight excluding hydrogens is 228 g/mol. The smallest absolute Gasteiger partial charge is 0.154 e. The SMILES string of the molecule is Nc1cccc(C#Cc2cccc(O)c2N)c1O. The second-order valence-electron chi connectivity index (χ2n) is 3.73. The Morgan fingerprint density at radius 2 is 1.44 bits per heavy atom. The molecule has 6 N–H and O–H groups in total. The fourth-order valence-electron chi connectivity index (χ4n) is 1.46. The first-order chi connectivity index (χ1) is 8.59. The number of hydrogen-bond donors (Lipinski definition) is 4. The lowest BCUT2D eigenvalue weighted by atomic mass is 10.1. The topological polar surface area (TPSA) is 92.5 Å². The molecule has 0 bridgehead atoms. The summed E-state index contributed by atoms with van der Waals surface area (Å²) in [5.41, 5.74) is 12.6. The number of hydrogen-bond acceptors (Lipinski definition) is 4. The molecule has 0 saturated carbocycles. The molecule has 2 aromatic carbocycles. The Morgan fingerprint density at radius 1 is 0.833 bits per heavy atom. The lowest BCUT2D eigenvalue weighted by molar-refractivity contribution is 0.476. The standard InChI is InChI=1S/C14H12N2O2/c15-11-5-1-4-10(14(11)18)8-7-9-3-2-6-12(17)13(9)16/h1-6,17-18H,15-16H2. The Morgan fingerprint density at radius 3 is 2.22 bits per heavy atom. The van der Waals surface area contributed by atoms with Crippen LogP contribution in [-0.4, -0.2) is 10.2 Å². The van der Waals surface area contributed by atoms with Crippen LogP contribution in [0, 0.1) is 11.8 Å². The Hall–Kier alpha value is -2.80. The fraction of sp³-hybridized carbons (Fsp3) is 0.